The van der Waals surface area contributed by atoms with Crippen molar-refractivity contribution in [3.05, 3.63) is 101 Å². The maximum atomic E-state index is 14.1. The van der Waals surface area contributed by atoms with Crippen LogP contribution in [0.4, 0.5) is 0 Å². The fourth-order valence-electron chi connectivity index (χ4n) is 7.72. The van der Waals surface area contributed by atoms with Gasteiger partial charge in [0.1, 0.15) is 22.1 Å². The molecule has 10 heteroatoms. The predicted molar refractivity (Wildman–Crippen MR) is 163 cm³/mol. The van der Waals surface area contributed by atoms with Crippen LogP contribution in [-0.4, -0.2) is 47.0 Å². The van der Waals surface area contributed by atoms with E-state index in [-0.39, 0.29) is 34.3 Å². The Morgan fingerprint density at radius 3 is 2.50 bits per heavy atom. The quantitative estimate of drug-likeness (QED) is 0.222. The molecule has 1 aromatic heterocycles. The number of Topliss-reactive ketones (excluding diaryl/α,β-unsaturated/α-hetero) is 1. The molecule has 0 saturated heterocycles. The third kappa shape index (κ3) is 4.15. The molecule has 3 aliphatic rings. The fraction of sp³-hybridized carbons (Fsp3) is 0.324. The van der Waals surface area contributed by atoms with E-state index >= 15 is 0 Å². The minimum absolute atomic E-state index is 0.0628. The highest BCUT2D eigenvalue weighted by atomic mass is 32.2. The molecule has 2 bridgehead atoms. The molecule has 7 rings (SSSR count). The van der Waals surface area contributed by atoms with Gasteiger partial charge in [-0.3, -0.25) is 9.48 Å². The third-order valence-electron chi connectivity index (χ3n) is 9.96. The number of rotatable bonds is 7. The summed E-state index contributed by atoms with van der Waals surface area (Å²) >= 11 is 0. The Bertz CT molecular complexity index is 1930. The summed E-state index contributed by atoms with van der Waals surface area (Å²) in [6.45, 7) is 8.07. The van der Waals surface area contributed by atoms with E-state index in [9.17, 15) is 18.3 Å². The van der Waals surface area contributed by atoms with Crippen LogP contribution in [0, 0.1) is 19.3 Å². The van der Waals surface area contributed by atoms with Gasteiger partial charge in [-0.15, -0.1) is 5.10 Å². The lowest BCUT2D eigenvalue weighted by Gasteiger charge is -2.41. The minimum atomic E-state index is -4.10. The van der Waals surface area contributed by atoms with Gasteiger partial charge in [-0.1, -0.05) is 35.6 Å². The zero-order valence-corrected chi connectivity index (χ0v) is 25.6. The average Bonchev–Trinajstić information content (AvgIpc) is 3.63. The number of carbonyl (C=O) groups excluding carboxylic acids is 1. The van der Waals surface area contributed by atoms with Gasteiger partial charge < -0.3 is 14.0 Å². The second-order valence-corrected chi connectivity index (χ2v) is 13.8. The minimum Gasteiger partial charge on any atom is -0.497 e. The molecular formula is C34H33N3O6S. The molecular weight excluding hydrogens is 578 g/mol. The standard InChI is InChI=1S/C34H33N3O6S/c1-20-5-11-25(12-6-20)44(40,41)43-30-14-13-26-27-15-16-33(39)19-34(27,32(38)22(33)3)28(31(26)21(30)2)17-37-18-29(35-36-37)23-7-9-24(42-4)10-8-23/h5-14,18,27-28,39H,3,15-17,19H2,1-2,4H3/t27-,28-,33-,34+/m0/s1. The van der Waals surface area contributed by atoms with Crippen LogP contribution >= 0.6 is 0 Å². The number of nitrogens with zero attached hydrogens (tertiary/aromatic N) is 3. The van der Waals surface area contributed by atoms with Crippen LogP contribution in [-0.2, 0) is 21.5 Å². The van der Waals surface area contributed by atoms with Crippen molar-refractivity contribution in [3.8, 4) is 22.8 Å². The van der Waals surface area contributed by atoms with Crippen LogP contribution in [0.3, 0.4) is 0 Å². The average molecular weight is 612 g/mol. The summed E-state index contributed by atoms with van der Waals surface area (Å²) in [6.07, 6.45) is 3.16. The van der Waals surface area contributed by atoms with Crippen LogP contribution < -0.4 is 8.92 Å². The Morgan fingerprint density at radius 2 is 1.80 bits per heavy atom. The number of ether oxygens (including phenoxy) is 1. The maximum Gasteiger partial charge on any atom is 0.339 e. The number of aromatic nitrogens is 3. The van der Waals surface area contributed by atoms with Crippen LogP contribution in [0.5, 0.6) is 11.5 Å². The number of methoxy groups -OCH3 is 1. The molecule has 0 unspecified atom stereocenters. The van der Waals surface area contributed by atoms with Gasteiger partial charge in [0.15, 0.2) is 5.78 Å². The van der Waals surface area contributed by atoms with Gasteiger partial charge >= 0.3 is 10.1 Å². The Labute approximate surface area is 256 Å². The first-order chi connectivity index (χ1) is 21.0. The highest BCUT2D eigenvalue weighted by Crippen LogP contribution is 2.70. The lowest BCUT2D eigenvalue weighted by molar-refractivity contribution is -0.126. The van der Waals surface area contributed by atoms with Crippen molar-refractivity contribution in [3.63, 3.8) is 0 Å². The van der Waals surface area contributed by atoms with E-state index in [0.29, 0.717) is 30.6 Å². The summed E-state index contributed by atoms with van der Waals surface area (Å²) in [5.41, 5.74) is 3.03. The number of hydrogen-bond acceptors (Lipinski definition) is 8. The zero-order chi connectivity index (χ0) is 31.0. The summed E-state index contributed by atoms with van der Waals surface area (Å²) in [6, 6.07) is 17.6. The summed E-state index contributed by atoms with van der Waals surface area (Å²) in [5.74, 6) is 0.240. The van der Waals surface area contributed by atoms with Crippen LogP contribution in [0.2, 0.25) is 0 Å². The lowest BCUT2D eigenvalue weighted by Crippen LogP contribution is -2.41. The van der Waals surface area contributed by atoms with E-state index in [0.717, 1.165) is 28.0 Å². The molecule has 226 valence electrons. The summed E-state index contributed by atoms with van der Waals surface area (Å²) < 4.78 is 39.3. The molecule has 4 atom stereocenters. The smallest absolute Gasteiger partial charge is 0.339 e. The predicted octanol–water partition coefficient (Wildman–Crippen LogP) is 5.26. The van der Waals surface area contributed by atoms with E-state index in [1.165, 1.54) is 12.1 Å². The topological polar surface area (TPSA) is 121 Å². The SMILES string of the molecule is C=C1C(=O)[C@]23C[C@@]1(O)CC[C@H]2c1ccc(OS(=O)(=O)c2ccc(C)cc2)c(C)c1[C@@H]3Cn1cc(-c2ccc(OC)cc2)nn1. The van der Waals surface area contributed by atoms with Crippen LogP contribution in [0.15, 0.2) is 83.9 Å². The van der Waals surface area contributed by atoms with Crippen molar-refractivity contribution in [1.82, 2.24) is 15.0 Å². The fourth-order valence-corrected chi connectivity index (χ4v) is 8.70. The number of ketones is 1. The van der Waals surface area contributed by atoms with E-state index in [2.05, 4.69) is 16.9 Å². The number of benzene rings is 3. The van der Waals surface area contributed by atoms with Gasteiger partial charge in [-0.2, -0.15) is 8.42 Å². The molecule has 0 aliphatic heterocycles. The van der Waals surface area contributed by atoms with E-state index in [4.69, 9.17) is 8.92 Å². The van der Waals surface area contributed by atoms with Crippen molar-refractivity contribution >= 4 is 15.9 Å². The Morgan fingerprint density at radius 1 is 1.07 bits per heavy atom. The molecule has 2 fully saturated rings. The van der Waals surface area contributed by atoms with Gasteiger partial charge in [0.2, 0.25) is 0 Å². The summed E-state index contributed by atoms with van der Waals surface area (Å²) in [4.78, 5) is 14.2. The van der Waals surface area contributed by atoms with Gasteiger partial charge in [0.05, 0.1) is 30.9 Å². The first kappa shape index (κ1) is 28.5. The molecule has 4 aromatic rings. The maximum absolute atomic E-state index is 14.1. The molecule has 0 radical (unpaired) electrons. The van der Waals surface area contributed by atoms with E-state index in [1.54, 1.807) is 30.0 Å². The van der Waals surface area contributed by atoms with Crippen molar-refractivity contribution in [2.24, 2.45) is 5.41 Å². The first-order valence-electron chi connectivity index (χ1n) is 14.6. The molecule has 1 N–H and O–H groups in total. The molecule has 3 aromatic carbocycles. The Balaban J connectivity index is 1.31. The number of hydrogen-bond donors (Lipinski definition) is 1. The lowest BCUT2D eigenvalue weighted by atomic mass is 9.62. The highest BCUT2D eigenvalue weighted by Gasteiger charge is 2.69. The third-order valence-corrected chi connectivity index (χ3v) is 11.2. The first-order valence-corrected chi connectivity index (χ1v) is 16.0. The number of fused-ring (bicyclic) bond motifs is 3. The van der Waals surface area contributed by atoms with Gasteiger partial charge in [0.25, 0.3) is 0 Å². The number of aliphatic hydroxyl groups is 1. The molecule has 44 heavy (non-hydrogen) atoms. The number of carbonyl (C=O) groups is 1. The normalized spacial score (nSPS) is 25.5. The molecule has 1 heterocycles. The Hall–Kier alpha value is -4.28. The van der Waals surface area contributed by atoms with Gasteiger partial charge in [-0.25, -0.2) is 0 Å². The molecule has 9 nitrogen and oxygen atoms in total. The monoisotopic (exact) mass is 611 g/mol. The van der Waals surface area contributed by atoms with Crippen molar-refractivity contribution in [2.75, 3.05) is 7.11 Å². The molecule has 3 aliphatic carbocycles. The molecule has 2 saturated carbocycles. The zero-order valence-electron chi connectivity index (χ0n) is 24.8. The van der Waals surface area contributed by atoms with Crippen LogP contribution in [0.25, 0.3) is 11.3 Å². The van der Waals surface area contributed by atoms with E-state index in [1.807, 2.05) is 50.4 Å². The van der Waals surface area contributed by atoms with Gasteiger partial charge in [0, 0.05) is 17.1 Å². The molecule has 1 spiro atoms. The second-order valence-electron chi connectivity index (χ2n) is 12.3. The van der Waals surface area contributed by atoms with E-state index < -0.39 is 27.1 Å². The summed E-state index contributed by atoms with van der Waals surface area (Å²) in [7, 11) is -2.49. The summed E-state index contributed by atoms with van der Waals surface area (Å²) in [5, 5.41) is 20.3. The number of aryl methyl sites for hydroxylation is 1. The Kier molecular flexibility index (Phi) is 6.39. The largest absolute Gasteiger partial charge is 0.497 e. The van der Waals surface area contributed by atoms with Gasteiger partial charge in [-0.05, 0) is 98.2 Å². The highest BCUT2D eigenvalue weighted by molar-refractivity contribution is 7.87. The van der Waals surface area contributed by atoms with Crippen molar-refractivity contribution in [2.45, 2.75) is 62.0 Å². The van der Waals surface area contributed by atoms with Crippen LogP contribution in [0.1, 0.15) is 53.4 Å². The second kappa shape index (κ2) is 9.87. The van der Waals surface area contributed by atoms with Crippen molar-refractivity contribution in [1.29, 1.82) is 0 Å². The molecule has 0 amide bonds. The van der Waals surface area contributed by atoms with Crippen molar-refractivity contribution < 1.29 is 27.2 Å².